The fourth-order valence-corrected chi connectivity index (χ4v) is 2.30. The molecule has 16 nitrogen and oxygen atoms in total. The first-order valence-electron chi connectivity index (χ1n) is 12.1. The van der Waals surface area contributed by atoms with Gasteiger partial charge in [-0.15, -0.1) is 0 Å². The molecule has 46 heavy (non-hydrogen) atoms. The first kappa shape index (κ1) is 55.3. The van der Waals surface area contributed by atoms with Crippen LogP contribution in [0.5, 0.6) is 0 Å². The molecule has 0 saturated heterocycles. The summed E-state index contributed by atoms with van der Waals surface area (Å²) in [7, 11) is 0. The van der Waals surface area contributed by atoms with Crippen LogP contribution < -0.4 is 22.9 Å². The molecule has 0 saturated carbocycles. The fraction of sp³-hybridized carbons (Fsp3) is 0.333. The van der Waals surface area contributed by atoms with Crippen LogP contribution in [0.25, 0.3) is 21.6 Å². The van der Waals surface area contributed by atoms with Crippen LogP contribution in [0.15, 0.2) is 50.1 Å². The van der Waals surface area contributed by atoms with Crippen LogP contribution in [-0.2, 0) is 59.8 Å². The summed E-state index contributed by atoms with van der Waals surface area (Å²) in [5, 5.41) is 33.9. The van der Waals surface area contributed by atoms with E-state index in [0.717, 1.165) is 48.5 Å². The van der Waals surface area contributed by atoms with Gasteiger partial charge in [-0.1, -0.05) is 48.9 Å². The van der Waals surface area contributed by atoms with Crippen molar-refractivity contribution in [3.05, 3.63) is 94.5 Å². The molecule has 0 unspecified atom stereocenters. The number of H-pyrrole nitrogens is 4. The molecule has 12 N–H and O–H groups in total. The molecular weight excluding hydrogens is 768 g/mol. The maximum absolute atomic E-state index is 7.13. The van der Waals surface area contributed by atoms with Gasteiger partial charge < -0.3 is 64.5 Å². The molecule has 0 aromatic carbocycles. The summed E-state index contributed by atoms with van der Waals surface area (Å²) in [4.78, 5) is 27.3. The van der Waals surface area contributed by atoms with Gasteiger partial charge in [-0.25, -0.2) is 19.9 Å². The first-order chi connectivity index (χ1) is 21.4. The molecule has 4 aromatic heterocycles. The Morgan fingerprint density at radius 2 is 0.609 bits per heavy atom. The predicted octanol–water partition coefficient (Wildman–Crippen LogP) is 2.27. The van der Waals surface area contributed by atoms with Gasteiger partial charge in [0.15, 0.2) is 0 Å². The van der Waals surface area contributed by atoms with E-state index >= 15 is 0 Å². The van der Waals surface area contributed by atoms with E-state index in [1.807, 2.05) is 24.8 Å². The molecule has 0 bridgehead atoms. The van der Waals surface area contributed by atoms with Crippen LogP contribution in [0.1, 0.15) is 22.8 Å². The van der Waals surface area contributed by atoms with Crippen LogP contribution in [0.4, 0.5) is 0 Å². The van der Waals surface area contributed by atoms with E-state index in [-0.39, 0.29) is 34.1 Å². The Labute approximate surface area is 310 Å². The van der Waals surface area contributed by atoms with E-state index in [0.29, 0.717) is 26.2 Å². The van der Waals surface area contributed by atoms with Crippen molar-refractivity contribution in [1.82, 2.24) is 39.9 Å². The Morgan fingerprint density at radius 1 is 0.457 bits per heavy atom. The van der Waals surface area contributed by atoms with Crippen molar-refractivity contribution in [3.63, 3.8) is 0 Å². The molecule has 0 spiro atoms. The van der Waals surface area contributed by atoms with Gasteiger partial charge in [0.1, 0.15) is 0 Å². The largest absolute Gasteiger partial charge is 2.00 e. The van der Waals surface area contributed by atoms with Gasteiger partial charge in [0.05, 0.1) is 48.1 Å². The maximum Gasteiger partial charge on any atom is 2.00 e. The van der Waals surface area contributed by atoms with Crippen molar-refractivity contribution < 1.29 is 34.1 Å². The first-order valence-corrected chi connectivity index (χ1v) is 13.8. The number of hydrogen-bond donors (Lipinski definition) is 8. The number of thiocarbonyl (C=S) groups is 4. The van der Waals surface area contributed by atoms with Crippen LogP contribution in [0.2, 0.25) is 0 Å². The minimum absolute atomic E-state index is 0. The molecule has 0 aliphatic carbocycles. The normalized spacial score (nSPS) is 7.39. The minimum atomic E-state index is 0. The second-order valence-corrected chi connectivity index (χ2v) is 7.49. The predicted molar refractivity (Wildman–Crippen MR) is 189 cm³/mol. The maximum atomic E-state index is 7.13. The molecule has 0 amide bonds. The second-order valence-electron chi connectivity index (χ2n) is 6.76. The number of nitrogens with two attached hydrogens (primary N) is 4. The zero-order valence-corrected chi connectivity index (χ0v) is 29.5. The van der Waals surface area contributed by atoms with E-state index in [1.165, 1.54) is 20.6 Å². The monoisotopic (exact) mass is 802 g/mol. The van der Waals surface area contributed by atoms with E-state index in [1.54, 1.807) is 25.3 Å². The summed E-state index contributed by atoms with van der Waals surface area (Å²) in [5.74, 6) is 0. The fourth-order valence-electron chi connectivity index (χ4n) is 2.30. The summed E-state index contributed by atoms with van der Waals surface area (Å²) in [6, 6.07) is 0. The quantitative estimate of drug-likeness (QED) is 0.0723. The number of hydrogen-bond acceptors (Lipinski definition) is 12. The van der Waals surface area contributed by atoms with Gasteiger partial charge in [-0.2, -0.15) is 20.6 Å². The molecule has 4 heterocycles. The topological polar surface area (TPSA) is 308 Å². The molecule has 0 aliphatic heterocycles. The number of aromatic nitrogens is 8. The summed E-state index contributed by atoms with van der Waals surface area (Å²) in [6.45, 7) is 2.69. The standard InChI is InChI=1S/4C5H9N3.4CNS.2Cu/c4*6-2-1-5-3-7-4-8-5;4*2-1-3;;/h4*3-4H,1-2,6H2,(H,7,8);;;;;;/q;;;;4*-1;2*+2. The van der Waals surface area contributed by atoms with E-state index in [9.17, 15) is 0 Å². The Balaban J connectivity index is -0.000000103. The van der Waals surface area contributed by atoms with Gasteiger partial charge in [0, 0.05) is 50.5 Å². The van der Waals surface area contributed by atoms with Crippen LogP contribution in [0, 0.1) is 0 Å². The number of nitrogens with one attached hydrogen (secondary N) is 4. The average molecular weight is 804 g/mol. The summed E-state index contributed by atoms with van der Waals surface area (Å²) < 4.78 is 0. The number of isothiocyanates is 4. The van der Waals surface area contributed by atoms with Crippen molar-refractivity contribution in [3.8, 4) is 0 Å². The zero-order chi connectivity index (χ0) is 34.1. The number of rotatable bonds is 8. The third-order valence-corrected chi connectivity index (χ3v) is 3.82. The number of imidazole rings is 4. The Morgan fingerprint density at radius 3 is 0.696 bits per heavy atom. The van der Waals surface area contributed by atoms with Crippen molar-refractivity contribution in [2.45, 2.75) is 25.7 Å². The van der Waals surface area contributed by atoms with Gasteiger partial charge in [0.25, 0.3) is 0 Å². The van der Waals surface area contributed by atoms with Crippen molar-refractivity contribution in [2.75, 3.05) is 26.2 Å². The van der Waals surface area contributed by atoms with Crippen LogP contribution in [0.3, 0.4) is 0 Å². The molecule has 0 atom stereocenters. The van der Waals surface area contributed by atoms with Gasteiger partial charge in [-0.05, 0) is 26.2 Å². The molecule has 0 aliphatic rings. The van der Waals surface area contributed by atoms with Gasteiger partial charge in [0.2, 0.25) is 0 Å². The van der Waals surface area contributed by atoms with Crippen molar-refractivity contribution in [2.24, 2.45) is 22.9 Å². The molecule has 22 heteroatoms. The van der Waals surface area contributed by atoms with Crippen molar-refractivity contribution >= 4 is 69.5 Å². The van der Waals surface area contributed by atoms with Gasteiger partial charge in [-0.3, -0.25) is 0 Å². The summed E-state index contributed by atoms with van der Waals surface area (Å²) in [6.07, 6.45) is 17.5. The Kier molecular flexibility index (Phi) is 61.9. The summed E-state index contributed by atoms with van der Waals surface area (Å²) in [5.41, 5.74) is 25.2. The Bertz CT molecular complexity index is 1010. The SMILES string of the molecule is NCCc1c[nH]cn1.NCCc1c[nH]cn1.NCCc1c[nH]cn1.NCCc1c[nH]cn1.[Cu+2].[Cu+2].[N-]=C=S.[N-]=C=S.[N-]=C=S.[N-]=C=S. The molecule has 258 valence electrons. The van der Waals surface area contributed by atoms with E-state index in [4.69, 9.17) is 44.6 Å². The molecular formula is C24H36Cu2N16S4. The zero-order valence-electron chi connectivity index (χ0n) is 24.4. The molecule has 0 fully saturated rings. The average Bonchev–Trinajstić information content (AvgIpc) is 3.83. The van der Waals surface area contributed by atoms with E-state index < -0.39 is 0 Å². The van der Waals surface area contributed by atoms with Crippen molar-refractivity contribution in [1.29, 1.82) is 0 Å². The third kappa shape index (κ3) is 47.8. The molecule has 4 aromatic rings. The van der Waals surface area contributed by atoms with Gasteiger partial charge >= 0.3 is 34.1 Å². The van der Waals surface area contributed by atoms with E-state index in [2.05, 4.69) is 88.7 Å². The second kappa shape index (κ2) is 51.5. The minimum Gasteiger partial charge on any atom is -0.753 e. The number of nitrogens with zero attached hydrogens (tertiary/aromatic N) is 8. The Hall–Kier alpha value is -3.08. The number of aromatic amines is 4. The smallest absolute Gasteiger partial charge is 0.753 e. The van der Waals surface area contributed by atoms with Crippen LogP contribution in [-0.4, -0.2) is 86.7 Å². The molecule has 2 radical (unpaired) electrons. The van der Waals surface area contributed by atoms with Crippen LogP contribution >= 0.6 is 48.9 Å². The molecule has 4 rings (SSSR count). The third-order valence-electron chi connectivity index (χ3n) is 3.82. The summed E-state index contributed by atoms with van der Waals surface area (Å²) >= 11 is 14.8.